The number of nitrogens with zero attached hydrogens (tertiary/aromatic N) is 3. The Morgan fingerprint density at radius 3 is 2.85 bits per heavy atom. The number of fused-ring (bicyclic) bond motifs is 1. The second kappa shape index (κ2) is 8.32. The van der Waals surface area contributed by atoms with E-state index in [-0.39, 0.29) is 0 Å². The van der Waals surface area contributed by atoms with Gasteiger partial charge in [0, 0.05) is 24.9 Å². The van der Waals surface area contributed by atoms with E-state index in [1.165, 1.54) is 25.1 Å². The topological polar surface area (TPSA) is 55.9 Å². The normalized spacial score (nSPS) is 14.2. The van der Waals surface area contributed by atoms with E-state index in [9.17, 15) is 0 Å². The van der Waals surface area contributed by atoms with Crippen LogP contribution in [0.5, 0.6) is 0 Å². The summed E-state index contributed by atoms with van der Waals surface area (Å²) in [6.07, 6.45) is 6.91. The summed E-state index contributed by atoms with van der Waals surface area (Å²) in [6, 6.07) is 14.3. The van der Waals surface area contributed by atoms with Gasteiger partial charge in [-0.05, 0) is 37.9 Å². The Labute approximate surface area is 154 Å². The number of hydrogen-bond acceptors (Lipinski definition) is 4. The lowest BCUT2D eigenvalue weighted by Gasteiger charge is -2.07. The lowest BCUT2D eigenvalue weighted by atomic mass is 10.2. The SMILES string of the molecule is c1ccc(-c2ccc(CNCCCc3nnc4n3CCCCC4)o2)cc1. The van der Waals surface area contributed by atoms with Crippen LogP contribution in [0.1, 0.15) is 43.1 Å². The minimum atomic E-state index is 0.755. The number of hydrogen-bond donors (Lipinski definition) is 1. The molecule has 0 amide bonds. The summed E-state index contributed by atoms with van der Waals surface area (Å²) in [6.45, 7) is 2.79. The van der Waals surface area contributed by atoms with Gasteiger partial charge in [0.25, 0.3) is 0 Å². The molecule has 3 heterocycles. The molecule has 3 aromatic rings. The summed E-state index contributed by atoms with van der Waals surface area (Å²) in [5.74, 6) is 4.22. The Kier molecular flexibility index (Phi) is 5.45. The molecule has 0 aliphatic carbocycles. The van der Waals surface area contributed by atoms with Crippen LogP contribution >= 0.6 is 0 Å². The molecule has 2 aromatic heterocycles. The molecule has 5 nitrogen and oxygen atoms in total. The summed E-state index contributed by atoms with van der Waals surface area (Å²) in [7, 11) is 0. The average molecular weight is 350 g/mol. The van der Waals surface area contributed by atoms with Crippen LogP contribution in [-0.4, -0.2) is 21.3 Å². The molecule has 0 radical (unpaired) electrons. The van der Waals surface area contributed by atoms with Gasteiger partial charge in [0.05, 0.1) is 6.54 Å². The van der Waals surface area contributed by atoms with Gasteiger partial charge in [-0.2, -0.15) is 0 Å². The van der Waals surface area contributed by atoms with Crippen molar-refractivity contribution in [3.8, 4) is 11.3 Å². The van der Waals surface area contributed by atoms with E-state index in [0.29, 0.717) is 0 Å². The summed E-state index contributed by atoms with van der Waals surface area (Å²) >= 11 is 0. The number of aromatic nitrogens is 3. The van der Waals surface area contributed by atoms with E-state index in [0.717, 1.165) is 61.8 Å². The first kappa shape index (κ1) is 17.0. The van der Waals surface area contributed by atoms with Gasteiger partial charge >= 0.3 is 0 Å². The van der Waals surface area contributed by atoms with Crippen LogP contribution in [-0.2, 0) is 25.9 Å². The van der Waals surface area contributed by atoms with Crippen molar-refractivity contribution in [3.63, 3.8) is 0 Å². The van der Waals surface area contributed by atoms with Gasteiger partial charge in [-0.25, -0.2) is 0 Å². The van der Waals surface area contributed by atoms with Crippen LogP contribution in [0, 0.1) is 0 Å². The quantitative estimate of drug-likeness (QED) is 0.655. The van der Waals surface area contributed by atoms with Crippen LogP contribution in [0.15, 0.2) is 46.9 Å². The van der Waals surface area contributed by atoms with Gasteiger partial charge in [-0.1, -0.05) is 36.8 Å². The molecule has 4 rings (SSSR count). The van der Waals surface area contributed by atoms with Crippen molar-refractivity contribution in [2.75, 3.05) is 6.54 Å². The second-order valence-corrected chi connectivity index (χ2v) is 6.91. The zero-order valence-corrected chi connectivity index (χ0v) is 15.2. The predicted molar refractivity (Wildman–Crippen MR) is 102 cm³/mol. The van der Waals surface area contributed by atoms with E-state index in [1.807, 2.05) is 30.3 Å². The third-order valence-electron chi connectivity index (χ3n) is 4.96. The highest BCUT2D eigenvalue weighted by Gasteiger charge is 2.14. The number of aryl methyl sites for hydroxylation is 2. The van der Waals surface area contributed by atoms with Crippen molar-refractivity contribution in [1.82, 2.24) is 20.1 Å². The van der Waals surface area contributed by atoms with Crippen LogP contribution in [0.25, 0.3) is 11.3 Å². The summed E-state index contributed by atoms with van der Waals surface area (Å²) < 4.78 is 8.26. The predicted octanol–water partition coefficient (Wildman–Crippen LogP) is 3.99. The fourth-order valence-corrected chi connectivity index (χ4v) is 3.54. The fraction of sp³-hybridized carbons (Fsp3) is 0.429. The molecule has 1 aliphatic rings. The first-order chi connectivity index (χ1) is 12.9. The molecule has 0 saturated heterocycles. The zero-order valence-electron chi connectivity index (χ0n) is 15.2. The van der Waals surface area contributed by atoms with Crippen molar-refractivity contribution in [2.45, 2.75) is 51.6 Å². The zero-order chi connectivity index (χ0) is 17.6. The molecule has 1 aliphatic heterocycles. The summed E-state index contributed by atoms with van der Waals surface area (Å²) in [4.78, 5) is 0. The molecular weight excluding hydrogens is 324 g/mol. The Hall–Kier alpha value is -2.40. The summed E-state index contributed by atoms with van der Waals surface area (Å²) in [5.41, 5.74) is 1.12. The number of benzene rings is 1. The molecule has 1 N–H and O–H groups in total. The van der Waals surface area contributed by atoms with Gasteiger partial charge in [-0.15, -0.1) is 10.2 Å². The van der Waals surface area contributed by atoms with Crippen molar-refractivity contribution in [1.29, 1.82) is 0 Å². The third kappa shape index (κ3) is 4.05. The van der Waals surface area contributed by atoms with Gasteiger partial charge in [0.2, 0.25) is 0 Å². The maximum absolute atomic E-state index is 5.92. The van der Waals surface area contributed by atoms with E-state index in [4.69, 9.17) is 4.42 Å². The molecule has 0 atom stereocenters. The van der Waals surface area contributed by atoms with Crippen molar-refractivity contribution in [2.24, 2.45) is 0 Å². The molecule has 136 valence electrons. The maximum atomic E-state index is 5.92. The number of nitrogens with one attached hydrogen (secondary N) is 1. The minimum absolute atomic E-state index is 0.755. The van der Waals surface area contributed by atoms with Crippen molar-refractivity contribution < 1.29 is 4.42 Å². The number of furan rings is 1. The lowest BCUT2D eigenvalue weighted by Crippen LogP contribution is -2.16. The lowest BCUT2D eigenvalue weighted by molar-refractivity contribution is 0.489. The maximum Gasteiger partial charge on any atom is 0.134 e. The first-order valence-electron chi connectivity index (χ1n) is 9.66. The van der Waals surface area contributed by atoms with E-state index < -0.39 is 0 Å². The molecule has 0 unspecified atom stereocenters. The van der Waals surface area contributed by atoms with Crippen LogP contribution < -0.4 is 5.32 Å². The first-order valence-corrected chi connectivity index (χ1v) is 9.66. The highest BCUT2D eigenvalue weighted by atomic mass is 16.3. The molecule has 26 heavy (non-hydrogen) atoms. The Balaban J connectivity index is 1.23. The molecule has 5 heteroatoms. The van der Waals surface area contributed by atoms with Gasteiger partial charge < -0.3 is 14.3 Å². The molecule has 0 spiro atoms. The Morgan fingerprint density at radius 1 is 1.00 bits per heavy atom. The van der Waals surface area contributed by atoms with Crippen molar-refractivity contribution in [3.05, 3.63) is 59.9 Å². The molecule has 1 aromatic carbocycles. The standard InChI is InChI=1S/C21H26N4O/c1-3-8-17(9-4-1)19-13-12-18(26-19)16-22-14-7-11-21-24-23-20-10-5-2-6-15-25(20)21/h1,3-4,8-9,12-13,22H,2,5-7,10-11,14-16H2. The van der Waals surface area contributed by atoms with Gasteiger partial charge in [0.15, 0.2) is 0 Å². The molecule has 0 fully saturated rings. The van der Waals surface area contributed by atoms with E-state index >= 15 is 0 Å². The third-order valence-corrected chi connectivity index (χ3v) is 4.96. The Morgan fingerprint density at radius 2 is 1.92 bits per heavy atom. The Bertz CT molecular complexity index is 822. The van der Waals surface area contributed by atoms with E-state index in [1.54, 1.807) is 0 Å². The summed E-state index contributed by atoms with van der Waals surface area (Å²) in [5, 5.41) is 12.2. The van der Waals surface area contributed by atoms with Crippen LogP contribution in [0.4, 0.5) is 0 Å². The highest BCUT2D eigenvalue weighted by molar-refractivity contribution is 5.57. The monoisotopic (exact) mass is 350 g/mol. The van der Waals surface area contributed by atoms with Crippen LogP contribution in [0.2, 0.25) is 0 Å². The van der Waals surface area contributed by atoms with E-state index in [2.05, 4.69) is 32.2 Å². The molecule has 0 bridgehead atoms. The van der Waals surface area contributed by atoms with Gasteiger partial charge in [-0.3, -0.25) is 0 Å². The van der Waals surface area contributed by atoms with Crippen molar-refractivity contribution >= 4 is 0 Å². The smallest absolute Gasteiger partial charge is 0.134 e. The van der Waals surface area contributed by atoms with Gasteiger partial charge in [0.1, 0.15) is 23.2 Å². The highest BCUT2D eigenvalue weighted by Crippen LogP contribution is 2.21. The largest absolute Gasteiger partial charge is 0.460 e. The fourth-order valence-electron chi connectivity index (χ4n) is 3.54. The molecule has 0 saturated carbocycles. The average Bonchev–Trinajstić information content (AvgIpc) is 3.23. The number of rotatable bonds is 7. The van der Waals surface area contributed by atoms with Crippen LogP contribution in [0.3, 0.4) is 0 Å². The molecular formula is C21H26N4O. The second-order valence-electron chi connectivity index (χ2n) is 6.91. The minimum Gasteiger partial charge on any atom is -0.460 e.